The maximum atomic E-state index is 12.0. The summed E-state index contributed by atoms with van der Waals surface area (Å²) in [4.78, 5) is 16.4. The van der Waals surface area contributed by atoms with Crippen LogP contribution in [0.3, 0.4) is 0 Å². The van der Waals surface area contributed by atoms with Crippen LogP contribution in [0.1, 0.15) is 57.3 Å². The average Bonchev–Trinajstić information content (AvgIpc) is 3.35. The third-order valence-corrected chi connectivity index (χ3v) is 3.92. The molecule has 2 saturated carbocycles. The van der Waals surface area contributed by atoms with Crippen molar-refractivity contribution in [2.45, 2.75) is 51.0 Å². The van der Waals surface area contributed by atoms with Crippen molar-refractivity contribution in [3.05, 3.63) is 11.7 Å². The summed E-state index contributed by atoms with van der Waals surface area (Å²) >= 11 is 0. The van der Waals surface area contributed by atoms with Crippen LogP contribution in [-0.4, -0.2) is 29.3 Å². The highest BCUT2D eigenvalue weighted by molar-refractivity contribution is 5.85. The van der Waals surface area contributed by atoms with Gasteiger partial charge in [0.25, 0.3) is 0 Å². The molecule has 1 aromatic rings. The van der Waals surface area contributed by atoms with Crippen molar-refractivity contribution < 1.29 is 18.8 Å². The van der Waals surface area contributed by atoms with Gasteiger partial charge in [-0.3, -0.25) is 4.79 Å². The molecule has 0 amide bonds. The summed E-state index contributed by atoms with van der Waals surface area (Å²) < 4.78 is 16.1. The molecule has 0 N–H and O–H groups in total. The van der Waals surface area contributed by atoms with E-state index in [2.05, 4.69) is 10.1 Å². The molecule has 110 valence electrons. The molecule has 1 aromatic heterocycles. The number of esters is 1. The molecule has 0 spiro atoms. The number of aromatic nitrogens is 2. The Labute approximate surface area is 117 Å². The highest BCUT2D eigenvalue weighted by Gasteiger charge is 2.58. The Morgan fingerprint density at radius 3 is 2.70 bits per heavy atom. The normalized spacial score (nSPS) is 21.5. The summed E-state index contributed by atoms with van der Waals surface area (Å²) in [5.41, 5.74) is -0.693. The molecule has 6 nitrogen and oxygen atoms in total. The van der Waals surface area contributed by atoms with E-state index in [1.54, 1.807) is 6.92 Å². The monoisotopic (exact) mass is 280 g/mol. The third-order valence-electron chi connectivity index (χ3n) is 3.92. The third kappa shape index (κ3) is 2.32. The number of ether oxygens (including phenoxy) is 2. The minimum Gasteiger partial charge on any atom is -0.465 e. The molecule has 1 unspecified atom stereocenters. The van der Waals surface area contributed by atoms with Gasteiger partial charge in [-0.25, -0.2) is 0 Å². The predicted octanol–water partition coefficient (Wildman–Crippen LogP) is 2.15. The summed E-state index contributed by atoms with van der Waals surface area (Å²) in [5, 5.41) is 4.03. The van der Waals surface area contributed by atoms with Crippen LogP contribution >= 0.6 is 0 Å². The topological polar surface area (TPSA) is 74.5 Å². The first kappa shape index (κ1) is 13.5. The quantitative estimate of drug-likeness (QED) is 0.712. The Balaban J connectivity index is 1.77. The summed E-state index contributed by atoms with van der Waals surface area (Å²) in [7, 11) is 0. The van der Waals surface area contributed by atoms with Crippen LogP contribution in [0, 0.1) is 5.92 Å². The lowest BCUT2D eigenvalue weighted by Crippen LogP contribution is -2.23. The first-order valence-corrected chi connectivity index (χ1v) is 7.34. The second kappa shape index (κ2) is 5.16. The molecule has 20 heavy (non-hydrogen) atoms. The van der Waals surface area contributed by atoms with Gasteiger partial charge in [-0.1, -0.05) is 5.16 Å². The molecular formula is C14H20N2O4. The van der Waals surface area contributed by atoms with E-state index in [-0.39, 0.29) is 12.1 Å². The first-order chi connectivity index (χ1) is 9.71. The zero-order chi connectivity index (χ0) is 14.2. The van der Waals surface area contributed by atoms with E-state index in [9.17, 15) is 4.79 Å². The van der Waals surface area contributed by atoms with Gasteiger partial charge >= 0.3 is 5.97 Å². The molecule has 1 heterocycles. The first-order valence-electron chi connectivity index (χ1n) is 7.34. The zero-order valence-corrected chi connectivity index (χ0v) is 11.9. The maximum absolute atomic E-state index is 12.0. The summed E-state index contributed by atoms with van der Waals surface area (Å²) in [6, 6.07) is 0. The number of hydrogen-bond donors (Lipinski definition) is 0. The van der Waals surface area contributed by atoms with Crippen molar-refractivity contribution in [1.29, 1.82) is 0 Å². The van der Waals surface area contributed by atoms with E-state index >= 15 is 0 Å². The van der Waals surface area contributed by atoms with Gasteiger partial charge in [-0.2, -0.15) is 4.98 Å². The summed E-state index contributed by atoms with van der Waals surface area (Å²) in [6.45, 7) is 4.74. The number of carbonyl (C=O) groups excluding carboxylic acids is 1. The minimum absolute atomic E-state index is 0.101. The standard InChI is InChI=1S/C14H20N2O4/c1-3-18-10(9-5-6-9)11-15-12(20-16-11)14(7-8-14)13(17)19-4-2/h9-10H,3-8H2,1-2H3. The molecule has 0 aliphatic heterocycles. The molecular weight excluding hydrogens is 260 g/mol. The van der Waals surface area contributed by atoms with Gasteiger partial charge in [0.05, 0.1) is 6.61 Å². The van der Waals surface area contributed by atoms with Gasteiger partial charge in [0, 0.05) is 6.61 Å². The van der Waals surface area contributed by atoms with Crippen molar-refractivity contribution in [3.8, 4) is 0 Å². The van der Waals surface area contributed by atoms with Crippen LogP contribution in [0.25, 0.3) is 0 Å². The van der Waals surface area contributed by atoms with Crippen LogP contribution < -0.4 is 0 Å². The van der Waals surface area contributed by atoms with Gasteiger partial charge < -0.3 is 14.0 Å². The molecule has 2 aliphatic carbocycles. The average molecular weight is 280 g/mol. The molecule has 2 fully saturated rings. The van der Waals surface area contributed by atoms with Crippen molar-refractivity contribution in [1.82, 2.24) is 10.1 Å². The fourth-order valence-electron chi connectivity index (χ4n) is 2.44. The van der Waals surface area contributed by atoms with Gasteiger partial charge in [0.1, 0.15) is 11.5 Å². The lowest BCUT2D eigenvalue weighted by molar-refractivity contribution is -0.146. The van der Waals surface area contributed by atoms with Crippen LogP contribution in [0.2, 0.25) is 0 Å². The second-order valence-corrected chi connectivity index (χ2v) is 5.47. The lowest BCUT2D eigenvalue weighted by atomic mass is 10.1. The van der Waals surface area contributed by atoms with Crippen LogP contribution in [0.5, 0.6) is 0 Å². The lowest BCUT2D eigenvalue weighted by Gasteiger charge is -2.11. The molecule has 0 radical (unpaired) electrons. The van der Waals surface area contributed by atoms with Gasteiger partial charge in [-0.05, 0) is 45.4 Å². The molecule has 0 aromatic carbocycles. The van der Waals surface area contributed by atoms with E-state index in [0.717, 1.165) is 25.7 Å². The summed E-state index contributed by atoms with van der Waals surface area (Å²) in [5.74, 6) is 1.18. The fraction of sp³-hybridized carbons (Fsp3) is 0.786. The van der Waals surface area contributed by atoms with E-state index in [1.165, 1.54) is 0 Å². The number of rotatable bonds is 7. The molecule has 2 aliphatic rings. The maximum Gasteiger partial charge on any atom is 0.321 e. The number of nitrogens with zero attached hydrogens (tertiary/aromatic N) is 2. The Morgan fingerprint density at radius 1 is 1.40 bits per heavy atom. The Hall–Kier alpha value is -1.43. The van der Waals surface area contributed by atoms with Crippen LogP contribution in [-0.2, 0) is 19.7 Å². The highest BCUT2D eigenvalue weighted by atomic mass is 16.5. The van der Waals surface area contributed by atoms with Crippen molar-refractivity contribution in [3.63, 3.8) is 0 Å². The Bertz CT molecular complexity index is 491. The molecule has 3 rings (SSSR count). The number of carbonyl (C=O) groups is 1. The van der Waals surface area contributed by atoms with Crippen molar-refractivity contribution in [2.24, 2.45) is 5.92 Å². The van der Waals surface area contributed by atoms with Crippen LogP contribution in [0.4, 0.5) is 0 Å². The highest BCUT2D eigenvalue weighted by Crippen LogP contribution is 2.49. The zero-order valence-electron chi connectivity index (χ0n) is 11.9. The molecule has 1 atom stereocenters. The van der Waals surface area contributed by atoms with Gasteiger partial charge in [0.15, 0.2) is 0 Å². The molecule has 6 heteroatoms. The fourth-order valence-corrected chi connectivity index (χ4v) is 2.44. The second-order valence-electron chi connectivity index (χ2n) is 5.47. The summed E-state index contributed by atoms with van der Waals surface area (Å²) in [6.07, 6.45) is 3.61. The Kier molecular flexibility index (Phi) is 3.50. The van der Waals surface area contributed by atoms with Crippen LogP contribution in [0.15, 0.2) is 4.52 Å². The smallest absolute Gasteiger partial charge is 0.321 e. The number of hydrogen-bond acceptors (Lipinski definition) is 6. The van der Waals surface area contributed by atoms with Crippen molar-refractivity contribution in [2.75, 3.05) is 13.2 Å². The van der Waals surface area contributed by atoms with E-state index in [0.29, 0.717) is 30.8 Å². The Morgan fingerprint density at radius 2 is 2.15 bits per heavy atom. The predicted molar refractivity (Wildman–Crippen MR) is 68.9 cm³/mol. The van der Waals surface area contributed by atoms with Gasteiger partial charge in [0.2, 0.25) is 11.7 Å². The largest absolute Gasteiger partial charge is 0.465 e. The SMILES string of the molecule is CCOC(=O)C1(c2nc(C(OCC)C3CC3)no2)CC1. The van der Waals surface area contributed by atoms with E-state index in [1.807, 2.05) is 6.92 Å². The van der Waals surface area contributed by atoms with Crippen molar-refractivity contribution >= 4 is 5.97 Å². The van der Waals surface area contributed by atoms with E-state index in [4.69, 9.17) is 14.0 Å². The minimum atomic E-state index is -0.693. The molecule has 0 bridgehead atoms. The van der Waals surface area contributed by atoms with E-state index < -0.39 is 5.41 Å². The molecule has 0 saturated heterocycles. The van der Waals surface area contributed by atoms with Gasteiger partial charge in [-0.15, -0.1) is 0 Å².